The van der Waals surface area contributed by atoms with Gasteiger partial charge in [-0.3, -0.25) is 0 Å². The first-order valence-corrected chi connectivity index (χ1v) is 9.33. The number of nitrogens with zero attached hydrogens (tertiary/aromatic N) is 2. The van der Waals surface area contributed by atoms with Crippen molar-refractivity contribution in [1.29, 1.82) is 0 Å². The summed E-state index contributed by atoms with van der Waals surface area (Å²) in [7, 11) is 2.24. The van der Waals surface area contributed by atoms with Gasteiger partial charge in [0.15, 0.2) is 0 Å². The highest BCUT2D eigenvalue weighted by Crippen LogP contribution is 2.34. The van der Waals surface area contributed by atoms with E-state index in [1.54, 1.807) is 11.3 Å². The smallest absolute Gasteiger partial charge is 0.0795 e. The largest absolute Gasteiger partial charge is 0.314 e. The molecule has 0 saturated heterocycles. The highest BCUT2D eigenvalue weighted by Gasteiger charge is 2.31. The topological polar surface area (TPSA) is 28.2 Å². The summed E-state index contributed by atoms with van der Waals surface area (Å²) in [5.41, 5.74) is 3.14. The molecule has 1 fully saturated rings. The van der Waals surface area contributed by atoms with Crippen LogP contribution >= 0.6 is 11.3 Å². The van der Waals surface area contributed by atoms with Crippen LogP contribution in [-0.4, -0.2) is 36.1 Å². The molecule has 120 valence electrons. The zero-order valence-electron chi connectivity index (χ0n) is 14.0. The van der Waals surface area contributed by atoms with Gasteiger partial charge in [0, 0.05) is 24.5 Å². The predicted molar refractivity (Wildman–Crippen MR) is 91.6 cm³/mol. The maximum atomic E-state index is 4.41. The lowest BCUT2D eigenvalue weighted by Crippen LogP contribution is -2.45. The Balaban J connectivity index is 1.91. The van der Waals surface area contributed by atoms with Crippen molar-refractivity contribution in [1.82, 2.24) is 15.2 Å². The molecule has 1 aromatic rings. The number of nitrogens with one attached hydrogen (secondary N) is 1. The van der Waals surface area contributed by atoms with Crippen molar-refractivity contribution in [3.8, 4) is 0 Å². The molecule has 3 nitrogen and oxygen atoms in total. The molecule has 1 aliphatic rings. The SMILES string of the molecule is CCNC1CCC(C(C)C)CC1CN(C)Cc1cscn1. The van der Waals surface area contributed by atoms with Gasteiger partial charge in [-0.05, 0) is 50.6 Å². The molecule has 1 saturated carbocycles. The zero-order chi connectivity index (χ0) is 15.2. The Labute approximate surface area is 134 Å². The molecule has 21 heavy (non-hydrogen) atoms. The van der Waals surface area contributed by atoms with Crippen LogP contribution < -0.4 is 5.32 Å². The van der Waals surface area contributed by atoms with Gasteiger partial charge in [0.2, 0.25) is 0 Å². The van der Waals surface area contributed by atoms with E-state index in [1.165, 1.54) is 31.5 Å². The summed E-state index contributed by atoms with van der Waals surface area (Å²) >= 11 is 1.69. The van der Waals surface area contributed by atoms with Crippen LogP contribution in [0, 0.1) is 17.8 Å². The van der Waals surface area contributed by atoms with E-state index in [1.807, 2.05) is 5.51 Å². The summed E-state index contributed by atoms with van der Waals surface area (Å²) in [5.74, 6) is 2.49. The molecule has 0 amide bonds. The summed E-state index contributed by atoms with van der Waals surface area (Å²) < 4.78 is 0. The Bertz CT molecular complexity index is 391. The monoisotopic (exact) mass is 309 g/mol. The molecule has 3 unspecified atom stereocenters. The summed E-state index contributed by atoms with van der Waals surface area (Å²) in [4.78, 5) is 6.86. The summed E-state index contributed by atoms with van der Waals surface area (Å²) in [6.45, 7) is 10.2. The van der Waals surface area contributed by atoms with Gasteiger partial charge in [-0.2, -0.15) is 0 Å². The second kappa shape index (κ2) is 8.25. The van der Waals surface area contributed by atoms with Crippen LogP contribution in [0.1, 0.15) is 45.7 Å². The first-order valence-electron chi connectivity index (χ1n) is 8.39. The maximum absolute atomic E-state index is 4.41. The average molecular weight is 310 g/mol. The highest BCUT2D eigenvalue weighted by molar-refractivity contribution is 7.07. The van der Waals surface area contributed by atoms with Gasteiger partial charge in [0.05, 0.1) is 11.2 Å². The van der Waals surface area contributed by atoms with E-state index in [0.29, 0.717) is 6.04 Å². The van der Waals surface area contributed by atoms with Gasteiger partial charge in [-0.25, -0.2) is 4.98 Å². The van der Waals surface area contributed by atoms with Crippen LogP contribution in [0.4, 0.5) is 0 Å². The second-order valence-electron chi connectivity index (χ2n) is 6.92. The second-order valence-corrected chi connectivity index (χ2v) is 7.64. The van der Waals surface area contributed by atoms with E-state index in [0.717, 1.165) is 30.8 Å². The van der Waals surface area contributed by atoms with Crippen LogP contribution in [0.15, 0.2) is 10.9 Å². The Morgan fingerprint density at radius 2 is 2.24 bits per heavy atom. The number of thiazole rings is 1. The Hall–Kier alpha value is -0.450. The quantitative estimate of drug-likeness (QED) is 0.834. The van der Waals surface area contributed by atoms with Crippen LogP contribution in [0.5, 0.6) is 0 Å². The van der Waals surface area contributed by atoms with E-state index in [4.69, 9.17) is 0 Å². The molecule has 3 atom stereocenters. The fourth-order valence-electron chi connectivity index (χ4n) is 3.70. The summed E-state index contributed by atoms with van der Waals surface area (Å²) in [5, 5.41) is 5.88. The lowest BCUT2D eigenvalue weighted by molar-refractivity contribution is 0.130. The lowest BCUT2D eigenvalue weighted by atomic mass is 9.73. The summed E-state index contributed by atoms with van der Waals surface area (Å²) in [6.07, 6.45) is 4.10. The minimum Gasteiger partial charge on any atom is -0.314 e. The van der Waals surface area contributed by atoms with Gasteiger partial charge >= 0.3 is 0 Å². The molecule has 0 aromatic carbocycles. The van der Waals surface area contributed by atoms with E-state index in [2.05, 4.69) is 48.4 Å². The number of hydrogen-bond acceptors (Lipinski definition) is 4. The van der Waals surface area contributed by atoms with Crippen molar-refractivity contribution in [2.24, 2.45) is 17.8 Å². The van der Waals surface area contributed by atoms with E-state index < -0.39 is 0 Å². The van der Waals surface area contributed by atoms with E-state index >= 15 is 0 Å². The van der Waals surface area contributed by atoms with Crippen LogP contribution in [0.3, 0.4) is 0 Å². The molecule has 0 bridgehead atoms. The van der Waals surface area contributed by atoms with Crippen molar-refractivity contribution >= 4 is 11.3 Å². The molecular weight excluding hydrogens is 278 g/mol. The third-order valence-electron chi connectivity index (χ3n) is 4.89. The van der Waals surface area contributed by atoms with Gasteiger partial charge in [0.1, 0.15) is 0 Å². The molecule has 0 spiro atoms. The molecule has 1 aromatic heterocycles. The van der Waals surface area contributed by atoms with Crippen LogP contribution in [0.25, 0.3) is 0 Å². The molecule has 1 aliphatic carbocycles. The fourth-order valence-corrected chi connectivity index (χ4v) is 4.25. The first-order chi connectivity index (χ1) is 10.1. The van der Waals surface area contributed by atoms with E-state index in [9.17, 15) is 0 Å². The van der Waals surface area contributed by atoms with E-state index in [-0.39, 0.29) is 0 Å². The van der Waals surface area contributed by atoms with Crippen LogP contribution in [0.2, 0.25) is 0 Å². The van der Waals surface area contributed by atoms with Crippen molar-refractivity contribution in [3.05, 3.63) is 16.6 Å². The summed E-state index contributed by atoms with van der Waals surface area (Å²) in [6, 6.07) is 0.697. The molecule has 2 rings (SSSR count). The third kappa shape index (κ3) is 5.04. The number of aromatic nitrogens is 1. The van der Waals surface area contributed by atoms with Gasteiger partial charge < -0.3 is 10.2 Å². The standard InChI is InChI=1S/C17H31N3S/c1-5-18-17-7-6-14(13(2)3)8-15(17)9-20(4)10-16-11-21-12-19-16/h11-15,17-18H,5-10H2,1-4H3. The average Bonchev–Trinajstić information content (AvgIpc) is 2.93. The zero-order valence-corrected chi connectivity index (χ0v) is 14.8. The Morgan fingerprint density at radius 1 is 1.43 bits per heavy atom. The molecule has 0 radical (unpaired) electrons. The molecule has 1 N–H and O–H groups in total. The maximum Gasteiger partial charge on any atom is 0.0795 e. The molecule has 1 heterocycles. The van der Waals surface area contributed by atoms with Gasteiger partial charge in [0.25, 0.3) is 0 Å². The van der Waals surface area contributed by atoms with Gasteiger partial charge in [-0.1, -0.05) is 20.8 Å². The van der Waals surface area contributed by atoms with Crippen molar-refractivity contribution < 1.29 is 0 Å². The van der Waals surface area contributed by atoms with Crippen molar-refractivity contribution in [3.63, 3.8) is 0 Å². The lowest BCUT2D eigenvalue weighted by Gasteiger charge is -2.40. The minimum absolute atomic E-state index is 0.697. The molecule has 0 aliphatic heterocycles. The first kappa shape index (κ1) is 16.9. The number of rotatable bonds is 7. The normalized spacial score (nSPS) is 26.7. The Morgan fingerprint density at radius 3 is 2.86 bits per heavy atom. The fraction of sp³-hybridized carbons (Fsp3) is 0.824. The molecular formula is C17H31N3S. The minimum atomic E-state index is 0.697. The van der Waals surface area contributed by atoms with Crippen molar-refractivity contribution in [2.45, 2.75) is 52.6 Å². The van der Waals surface area contributed by atoms with Gasteiger partial charge in [-0.15, -0.1) is 11.3 Å². The third-order valence-corrected chi connectivity index (χ3v) is 5.53. The number of hydrogen-bond donors (Lipinski definition) is 1. The Kier molecular flexibility index (Phi) is 6.65. The predicted octanol–water partition coefficient (Wildman–Crippen LogP) is 3.63. The molecule has 4 heteroatoms. The highest BCUT2D eigenvalue weighted by atomic mass is 32.1. The van der Waals surface area contributed by atoms with Crippen molar-refractivity contribution in [2.75, 3.05) is 20.1 Å². The van der Waals surface area contributed by atoms with Crippen LogP contribution in [-0.2, 0) is 6.54 Å².